The molecule has 0 bridgehead atoms. The summed E-state index contributed by atoms with van der Waals surface area (Å²) in [5.41, 5.74) is -1.04. The molecule has 1 atom stereocenters. The highest BCUT2D eigenvalue weighted by atomic mass is 32.1. The van der Waals surface area contributed by atoms with Crippen molar-refractivity contribution in [2.45, 2.75) is 44.4 Å². The Morgan fingerprint density at radius 1 is 1.50 bits per heavy atom. The van der Waals surface area contributed by atoms with Crippen LogP contribution in [0.2, 0.25) is 0 Å². The van der Waals surface area contributed by atoms with Crippen LogP contribution in [0.4, 0.5) is 4.79 Å². The van der Waals surface area contributed by atoms with Crippen LogP contribution in [0.3, 0.4) is 0 Å². The number of hydrogen-bond acceptors (Lipinski definition) is 5. The Labute approximate surface area is 144 Å². The van der Waals surface area contributed by atoms with Crippen LogP contribution in [-0.4, -0.2) is 46.0 Å². The van der Waals surface area contributed by atoms with E-state index in [9.17, 15) is 19.5 Å². The number of urea groups is 1. The van der Waals surface area contributed by atoms with E-state index in [2.05, 4.69) is 10.6 Å². The molecule has 1 aliphatic heterocycles. The number of amides is 4. The summed E-state index contributed by atoms with van der Waals surface area (Å²) in [7, 11) is 0. The standard InChI is InChI=1S/C16H21N3O4S/c1-16(2)14(22)18-15(23)19(16)8-12(21)17-13(9-6-10(20)7-9)11-4-3-5-24-11/h3-5,9-10,13,20H,6-8H2,1-2H3,(H,17,21)(H,18,22,23)/t9?,10?,13-/m0/s1. The molecule has 7 nitrogen and oxygen atoms in total. The molecule has 8 heteroatoms. The van der Waals surface area contributed by atoms with Crippen LogP contribution in [0.15, 0.2) is 17.5 Å². The Hall–Kier alpha value is -1.93. The molecule has 0 spiro atoms. The normalized spacial score (nSPS) is 26.7. The molecule has 1 aromatic heterocycles. The van der Waals surface area contributed by atoms with E-state index < -0.39 is 17.5 Å². The van der Waals surface area contributed by atoms with Gasteiger partial charge in [0.2, 0.25) is 5.91 Å². The number of rotatable bonds is 5. The highest BCUT2D eigenvalue weighted by Crippen LogP contribution is 2.39. The predicted molar refractivity (Wildman–Crippen MR) is 88.3 cm³/mol. The molecule has 1 aromatic rings. The number of hydrogen-bond donors (Lipinski definition) is 3. The summed E-state index contributed by atoms with van der Waals surface area (Å²) in [6.45, 7) is 3.04. The number of carbonyl (C=O) groups excluding carboxylic acids is 3. The molecular weight excluding hydrogens is 330 g/mol. The van der Waals surface area contributed by atoms with Gasteiger partial charge in [-0.25, -0.2) is 4.79 Å². The molecule has 2 aliphatic rings. The molecule has 24 heavy (non-hydrogen) atoms. The molecule has 2 heterocycles. The van der Waals surface area contributed by atoms with Gasteiger partial charge in [0, 0.05) is 4.88 Å². The quantitative estimate of drug-likeness (QED) is 0.690. The molecule has 0 radical (unpaired) electrons. The third-order valence-corrected chi connectivity index (χ3v) is 5.74. The Kier molecular flexibility index (Phi) is 4.35. The minimum atomic E-state index is -1.04. The van der Waals surface area contributed by atoms with Gasteiger partial charge in [0.1, 0.15) is 12.1 Å². The van der Waals surface area contributed by atoms with Crippen LogP contribution >= 0.6 is 11.3 Å². The molecule has 0 unspecified atom stereocenters. The minimum absolute atomic E-state index is 0.176. The maximum atomic E-state index is 12.5. The van der Waals surface area contributed by atoms with Crippen molar-refractivity contribution in [2.24, 2.45) is 5.92 Å². The van der Waals surface area contributed by atoms with Crippen LogP contribution in [-0.2, 0) is 9.59 Å². The van der Waals surface area contributed by atoms with Crippen LogP contribution < -0.4 is 10.6 Å². The largest absolute Gasteiger partial charge is 0.393 e. The minimum Gasteiger partial charge on any atom is -0.393 e. The molecule has 1 saturated carbocycles. The summed E-state index contributed by atoms with van der Waals surface area (Å²) in [5, 5.41) is 16.7. The summed E-state index contributed by atoms with van der Waals surface area (Å²) in [5.74, 6) is -0.533. The summed E-state index contributed by atoms with van der Waals surface area (Å²) in [4.78, 5) is 38.4. The fourth-order valence-electron chi connectivity index (χ4n) is 3.12. The van der Waals surface area contributed by atoms with E-state index in [-0.39, 0.29) is 30.5 Å². The fourth-order valence-corrected chi connectivity index (χ4v) is 3.99. The number of aliphatic hydroxyl groups is 1. The SMILES string of the molecule is CC1(C)C(=O)NC(=O)N1CC(=O)N[C@H](c1cccs1)C1CC(O)C1. The average molecular weight is 351 g/mol. The first kappa shape index (κ1) is 16.9. The number of carbonyl (C=O) groups is 3. The maximum absolute atomic E-state index is 12.5. The first-order chi connectivity index (χ1) is 11.3. The first-order valence-corrected chi connectivity index (χ1v) is 8.81. The van der Waals surface area contributed by atoms with Crippen molar-refractivity contribution >= 4 is 29.2 Å². The molecular formula is C16H21N3O4S. The van der Waals surface area contributed by atoms with Crippen molar-refractivity contribution in [3.05, 3.63) is 22.4 Å². The zero-order valence-corrected chi connectivity index (χ0v) is 14.4. The number of nitrogens with zero attached hydrogens (tertiary/aromatic N) is 1. The lowest BCUT2D eigenvalue weighted by atomic mass is 9.76. The Bertz CT molecular complexity index is 652. The second-order valence-electron chi connectivity index (χ2n) is 6.85. The van der Waals surface area contributed by atoms with Crippen LogP contribution in [0, 0.1) is 5.92 Å². The van der Waals surface area contributed by atoms with Crippen molar-refractivity contribution in [1.82, 2.24) is 15.5 Å². The van der Waals surface area contributed by atoms with E-state index in [0.717, 1.165) is 4.88 Å². The Morgan fingerprint density at radius 2 is 2.21 bits per heavy atom. The van der Waals surface area contributed by atoms with Gasteiger partial charge < -0.3 is 15.3 Å². The number of imide groups is 1. The zero-order valence-electron chi connectivity index (χ0n) is 13.6. The lowest BCUT2D eigenvalue weighted by Crippen LogP contribution is -2.50. The molecule has 4 amide bonds. The Balaban J connectivity index is 1.68. The van der Waals surface area contributed by atoms with Crippen molar-refractivity contribution < 1.29 is 19.5 Å². The van der Waals surface area contributed by atoms with Crippen molar-refractivity contribution in [2.75, 3.05) is 6.54 Å². The second-order valence-corrected chi connectivity index (χ2v) is 7.83. The van der Waals surface area contributed by atoms with Crippen molar-refractivity contribution in [3.8, 4) is 0 Å². The van der Waals surface area contributed by atoms with E-state index in [1.54, 1.807) is 25.2 Å². The summed E-state index contributed by atoms with van der Waals surface area (Å²) < 4.78 is 0. The highest BCUT2D eigenvalue weighted by Gasteiger charge is 2.46. The predicted octanol–water partition coefficient (Wildman–Crippen LogP) is 1.01. The average Bonchev–Trinajstić information content (AvgIpc) is 3.06. The van der Waals surface area contributed by atoms with Crippen molar-refractivity contribution in [1.29, 1.82) is 0 Å². The van der Waals surface area contributed by atoms with Gasteiger partial charge in [-0.15, -0.1) is 11.3 Å². The second kappa shape index (κ2) is 6.18. The van der Waals surface area contributed by atoms with Gasteiger partial charge in [0.05, 0.1) is 12.1 Å². The lowest BCUT2D eigenvalue weighted by Gasteiger charge is -2.38. The molecule has 3 rings (SSSR count). The maximum Gasteiger partial charge on any atom is 0.325 e. The number of thiophene rings is 1. The van der Waals surface area contributed by atoms with Gasteiger partial charge >= 0.3 is 6.03 Å². The van der Waals surface area contributed by atoms with E-state index in [1.807, 2.05) is 17.5 Å². The van der Waals surface area contributed by atoms with Crippen LogP contribution in [0.5, 0.6) is 0 Å². The molecule has 1 aliphatic carbocycles. The summed E-state index contributed by atoms with van der Waals surface area (Å²) in [6, 6.07) is 3.15. The van der Waals surface area contributed by atoms with Gasteiger partial charge in [-0.3, -0.25) is 14.9 Å². The van der Waals surface area contributed by atoms with E-state index in [4.69, 9.17) is 0 Å². The van der Waals surface area contributed by atoms with Crippen LogP contribution in [0.1, 0.15) is 37.6 Å². The fraction of sp³-hybridized carbons (Fsp3) is 0.562. The number of aliphatic hydroxyl groups excluding tert-OH is 1. The molecule has 0 aromatic carbocycles. The third-order valence-electron chi connectivity index (χ3n) is 4.79. The van der Waals surface area contributed by atoms with Gasteiger partial charge in [0.25, 0.3) is 5.91 Å². The topological polar surface area (TPSA) is 98.7 Å². The summed E-state index contributed by atoms with van der Waals surface area (Å²) >= 11 is 1.55. The van der Waals surface area contributed by atoms with Crippen molar-refractivity contribution in [3.63, 3.8) is 0 Å². The van der Waals surface area contributed by atoms with Gasteiger partial charge in [0.15, 0.2) is 0 Å². The van der Waals surface area contributed by atoms with E-state index >= 15 is 0 Å². The first-order valence-electron chi connectivity index (χ1n) is 7.93. The third kappa shape index (κ3) is 3.03. The molecule has 2 fully saturated rings. The molecule has 1 saturated heterocycles. The lowest BCUT2D eigenvalue weighted by molar-refractivity contribution is -0.127. The van der Waals surface area contributed by atoms with E-state index in [1.165, 1.54) is 4.90 Å². The van der Waals surface area contributed by atoms with Gasteiger partial charge in [-0.1, -0.05) is 6.07 Å². The Morgan fingerprint density at radius 3 is 2.71 bits per heavy atom. The molecule has 130 valence electrons. The van der Waals surface area contributed by atoms with E-state index in [0.29, 0.717) is 12.8 Å². The molecule has 3 N–H and O–H groups in total. The summed E-state index contributed by atoms with van der Waals surface area (Å²) in [6.07, 6.45) is 0.990. The monoisotopic (exact) mass is 351 g/mol. The number of nitrogens with one attached hydrogen (secondary N) is 2. The smallest absolute Gasteiger partial charge is 0.325 e. The zero-order chi connectivity index (χ0) is 17.5. The highest BCUT2D eigenvalue weighted by molar-refractivity contribution is 7.10. The van der Waals surface area contributed by atoms with Gasteiger partial charge in [-0.2, -0.15) is 0 Å². The van der Waals surface area contributed by atoms with Crippen LogP contribution in [0.25, 0.3) is 0 Å². The van der Waals surface area contributed by atoms with Gasteiger partial charge in [-0.05, 0) is 44.1 Å².